The second kappa shape index (κ2) is 4.07. The summed E-state index contributed by atoms with van der Waals surface area (Å²) in [5, 5.41) is 0. The number of rotatable bonds is 4. The molecule has 1 heterocycles. The molecule has 0 aliphatic carbocycles. The molecule has 0 spiro atoms. The van der Waals surface area contributed by atoms with Crippen molar-refractivity contribution in [2.45, 2.75) is 26.2 Å². The summed E-state index contributed by atoms with van der Waals surface area (Å²) in [6.07, 6.45) is 9.99. The first-order chi connectivity index (χ1) is 5.27. The predicted octanol–water partition coefficient (Wildman–Crippen LogP) is 3.87. The molecule has 0 amide bonds. The van der Waals surface area contributed by atoms with E-state index < -0.39 is 7.26 Å². The highest BCUT2D eigenvalue weighted by Gasteiger charge is 2.15. The largest absolute Gasteiger partial charge is 0.0877 e. The van der Waals surface area contributed by atoms with Crippen LogP contribution >= 0.6 is 7.26 Å². The van der Waals surface area contributed by atoms with Crippen molar-refractivity contribution >= 4 is 7.26 Å². The van der Waals surface area contributed by atoms with Crippen molar-refractivity contribution in [2.24, 2.45) is 0 Å². The molecule has 1 rings (SSSR count). The maximum Gasteiger partial charge on any atom is -0.0297 e. The average Bonchev–Trinajstić information content (AvgIpc) is 2.38. The number of hydrogen-bond donors (Lipinski definition) is 0. The van der Waals surface area contributed by atoms with Crippen LogP contribution in [0.25, 0.3) is 0 Å². The molecular formula is C10H18P. The van der Waals surface area contributed by atoms with Gasteiger partial charge >= 0.3 is 0 Å². The van der Waals surface area contributed by atoms with E-state index in [0.29, 0.717) is 0 Å². The Labute approximate surface area is 70.7 Å². The summed E-state index contributed by atoms with van der Waals surface area (Å²) in [5.74, 6) is 4.84. The normalized spacial score (nSPS) is 19.5. The van der Waals surface area contributed by atoms with Crippen molar-refractivity contribution < 1.29 is 0 Å². The molecule has 0 saturated heterocycles. The molecule has 63 valence electrons. The molecule has 0 bridgehead atoms. The SMILES string of the molecule is CCCCC[P]1(C)C=CC=C1. The Morgan fingerprint density at radius 3 is 2.27 bits per heavy atom. The summed E-state index contributed by atoms with van der Waals surface area (Å²) in [6.45, 7) is 4.68. The Kier molecular flexibility index (Phi) is 3.33. The third-order valence-electron chi connectivity index (χ3n) is 2.21. The zero-order valence-electron chi connectivity index (χ0n) is 7.59. The minimum atomic E-state index is -0.711. The lowest BCUT2D eigenvalue weighted by molar-refractivity contribution is 0.775. The van der Waals surface area contributed by atoms with Gasteiger partial charge in [0, 0.05) is 0 Å². The smallest absolute Gasteiger partial charge is 0.0297 e. The minimum absolute atomic E-state index is 0.711. The monoisotopic (exact) mass is 169 g/mol. The van der Waals surface area contributed by atoms with Gasteiger partial charge in [-0.2, -0.15) is 0 Å². The summed E-state index contributed by atoms with van der Waals surface area (Å²) in [7, 11) is -0.711. The summed E-state index contributed by atoms with van der Waals surface area (Å²) in [6, 6.07) is 0. The second-order valence-electron chi connectivity index (χ2n) is 3.46. The lowest BCUT2D eigenvalue weighted by atomic mass is 10.3. The van der Waals surface area contributed by atoms with Crippen molar-refractivity contribution in [3.63, 3.8) is 0 Å². The van der Waals surface area contributed by atoms with Gasteiger partial charge in [-0.15, -0.1) is 0 Å². The Hall–Kier alpha value is -0.0900. The van der Waals surface area contributed by atoms with E-state index in [2.05, 4.69) is 37.4 Å². The molecule has 0 fully saturated rings. The highest BCUT2D eigenvalue weighted by Crippen LogP contribution is 2.61. The van der Waals surface area contributed by atoms with Crippen LogP contribution in [-0.2, 0) is 0 Å². The summed E-state index contributed by atoms with van der Waals surface area (Å²) >= 11 is 0. The van der Waals surface area contributed by atoms with Crippen LogP contribution in [0.3, 0.4) is 0 Å². The molecule has 1 aliphatic rings. The molecule has 1 aliphatic heterocycles. The lowest BCUT2D eigenvalue weighted by Gasteiger charge is -2.21. The van der Waals surface area contributed by atoms with E-state index >= 15 is 0 Å². The van der Waals surface area contributed by atoms with Crippen LogP contribution in [0.4, 0.5) is 0 Å². The molecule has 0 unspecified atom stereocenters. The zero-order chi connectivity index (χ0) is 8.16. The van der Waals surface area contributed by atoms with Gasteiger partial charge in [0.2, 0.25) is 0 Å². The molecule has 1 heteroatoms. The van der Waals surface area contributed by atoms with E-state index in [1.165, 1.54) is 25.4 Å². The van der Waals surface area contributed by atoms with Gasteiger partial charge in [-0.05, 0) is 19.2 Å². The van der Waals surface area contributed by atoms with Gasteiger partial charge in [0.05, 0.1) is 0 Å². The fourth-order valence-electron chi connectivity index (χ4n) is 1.39. The maximum absolute atomic E-state index is 2.42. The van der Waals surface area contributed by atoms with Gasteiger partial charge in [0.1, 0.15) is 0 Å². The standard InChI is InChI=1S/C10H18P/c1-3-4-5-8-11(2)9-6-7-10-11/h6-7,9-10H,3-5,8H2,1-2H3. The van der Waals surface area contributed by atoms with Gasteiger partial charge < -0.3 is 0 Å². The van der Waals surface area contributed by atoms with Crippen molar-refractivity contribution in [1.29, 1.82) is 0 Å². The zero-order valence-corrected chi connectivity index (χ0v) is 8.48. The molecule has 0 N–H and O–H groups in total. The van der Waals surface area contributed by atoms with Crippen LogP contribution in [0.5, 0.6) is 0 Å². The Balaban J connectivity index is 2.25. The van der Waals surface area contributed by atoms with Crippen molar-refractivity contribution in [2.75, 3.05) is 12.8 Å². The summed E-state index contributed by atoms with van der Waals surface area (Å²) < 4.78 is 0. The Morgan fingerprint density at radius 1 is 1.09 bits per heavy atom. The van der Waals surface area contributed by atoms with E-state index in [0.717, 1.165) is 0 Å². The fourth-order valence-corrected chi connectivity index (χ4v) is 3.68. The number of hydrogen-bond acceptors (Lipinski definition) is 0. The van der Waals surface area contributed by atoms with E-state index in [-0.39, 0.29) is 0 Å². The summed E-state index contributed by atoms with van der Waals surface area (Å²) in [4.78, 5) is 0. The predicted molar refractivity (Wildman–Crippen MR) is 55.5 cm³/mol. The molecule has 0 aromatic rings. The van der Waals surface area contributed by atoms with E-state index in [1.54, 1.807) is 0 Å². The number of allylic oxidation sites excluding steroid dienone is 2. The van der Waals surface area contributed by atoms with Crippen LogP contribution in [0.1, 0.15) is 26.2 Å². The highest BCUT2D eigenvalue weighted by atomic mass is 31.2. The first-order valence-corrected chi connectivity index (χ1v) is 7.05. The lowest BCUT2D eigenvalue weighted by Crippen LogP contribution is -1.89. The molecule has 0 nitrogen and oxygen atoms in total. The average molecular weight is 169 g/mol. The number of unbranched alkanes of at least 4 members (excludes halogenated alkanes) is 2. The van der Waals surface area contributed by atoms with Crippen LogP contribution in [-0.4, -0.2) is 12.8 Å². The van der Waals surface area contributed by atoms with Gasteiger partial charge in [-0.3, -0.25) is 0 Å². The van der Waals surface area contributed by atoms with Gasteiger partial charge in [-0.1, -0.05) is 50.8 Å². The quantitative estimate of drug-likeness (QED) is 0.442. The van der Waals surface area contributed by atoms with E-state index in [1.807, 2.05) is 0 Å². The van der Waals surface area contributed by atoms with E-state index in [9.17, 15) is 0 Å². The third kappa shape index (κ3) is 2.79. The second-order valence-corrected chi connectivity index (χ2v) is 7.20. The molecule has 0 aromatic carbocycles. The van der Waals surface area contributed by atoms with Crippen molar-refractivity contribution in [1.82, 2.24) is 0 Å². The molecule has 0 aromatic heterocycles. The van der Waals surface area contributed by atoms with Crippen LogP contribution in [0.15, 0.2) is 23.8 Å². The third-order valence-corrected chi connectivity index (χ3v) is 5.19. The molecule has 11 heavy (non-hydrogen) atoms. The van der Waals surface area contributed by atoms with E-state index in [4.69, 9.17) is 0 Å². The van der Waals surface area contributed by atoms with Gasteiger partial charge in [0.25, 0.3) is 0 Å². The molecule has 1 radical (unpaired) electrons. The first kappa shape index (κ1) is 9.00. The maximum atomic E-state index is 2.42. The minimum Gasteiger partial charge on any atom is -0.0877 e. The molecular weight excluding hydrogens is 151 g/mol. The van der Waals surface area contributed by atoms with Crippen LogP contribution in [0.2, 0.25) is 0 Å². The highest BCUT2D eigenvalue weighted by molar-refractivity contribution is 7.81. The topological polar surface area (TPSA) is 0 Å². The van der Waals surface area contributed by atoms with Gasteiger partial charge in [0.15, 0.2) is 0 Å². The Morgan fingerprint density at radius 2 is 1.73 bits per heavy atom. The first-order valence-electron chi connectivity index (χ1n) is 4.49. The molecule has 0 saturated carbocycles. The summed E-state index contributed by atoms with van der Waals surface area (Å²) in [5.41, 5.74) is 0. The van der Waals surface area contributed by atoms with Crippen molar-refractivity contribution in [3.8, 4) is 0 Å². The van der Waals surface area contributed by atoms with Gasteiger partial charge in [-0.25, -0.2) is 0 Å². The van der Waals surface area contributed by atoms with Crippen molar-refractivity contribution in [3.05, 3.63) is 23.8 Å². The Bertz CT molecular complexity index is 156. The van der Waals surface area contributed by atoms with Crippen LogP contribution < -0.4 is 0 Å². The molecule has 0 atom stereocenters. The fraction of sp³-hybridized carbons (Fsp3) is 0.600. The van der Waals surface area contributed by atoms with Crippen LogP contribution in [0, 0.1) is 0 Å².